The van der Waals surface area contributed by atoms with Crippen molar-refractivity contribution >= 4 is 39.3 Å². The maximum absolute atomic E-state index is 14.2. The van der Waals surface area contributed by atoms with Crippen LogP contribution in [0, 0.1) is 0 Å². The van der Waals surface area contributed by atoms with Crippen molar-refractivity contribution < 1.29 is 22.7 Å². The summed E-state index contributed by atoms with van der Waals surface area (Å²) in [4.78, 5) is 30.0. The number of hydrogen-bond acceptors (Lipinski definition) is 6. The molecule has 0 aromatic heterocycles. The molecule has 2 unspecified atom stereocenters. The molecule has 0 saturated heterocycles. The normalized spacial score (nSPS) is 12.7. The molecule has 2 amide bonds. The highest BCUT2D eigenvalue weighted by molar-refractivity contribution is 7.98. The van der Waals surface area contributed by atoms with Crippen molar-refractivity contribution in [2.75, 3.05) is 23.7 Å². The molecule has 8 nitrogen and oxygen atoms in total. The maximum atomic E-state index is 14.2. The quantitative estimate of drug-likeness (QED) is 0.221. The maximum Gasteiger partial charge on any atom is 0.264 e. The van der Waals surface area contributed by atoms with Crippen molar-refractivity contribution in [3.63, 3.8) is 0 Å². The lowest BCUT2D eigenvalue weighted by atomic mass is 10.1. The van der Waals surface area contributed by atoms with Crippen LogP contribution in [0.4, 0.5) is 5.69 Å². The van der Waals surface area contributed by atoms with Crippen LogP contribution < -0.4 is 14.4 Å². The number of rotatable bonds is 15. The molecule has 1 N–H and O–H groups in total. The second-order valence-electron chi connectivity index (χ2n) is 9.86. The first-order chi connectivity index (χ1) is 20.1. The van der Waals surface area contributed by atoms with Gasteiger partial charge in [0, 0.05) is 17.5 Å². The summed E-state index contributed by atoms with van der Waals surface area (Å²) >= 11 is 1.51. The fourth-order valence-electron chi connectivity index (χ4n) is 4.42. The average molecular weight is 612 g/mol. The van der Waals surface area contributed by atoms with Crippen LogP contribution in [-0.4, -0.2) is 56.6 Å². The van der Waals surface area contributed by atoms with E-state index in [0.29, 0.717) is 24.5 Å². The van der Waals surface area contributed by atoms with Gasteiger partial charge < -0.3 is 15.0 Å². The molecule has 0 bridgehead atoms. The first kappa shape index (κ1) is 33.0. The third-order valence-corrected chi connectivity index (χ3v) is 9.48. The van der Waals surface area contributed by atoms with Gasteiger partial charge in [-0.15, -0.1) is 11.8 Å². The summed E-state index contributed by atoms with van der Waals surface area (Å²) in [5.41, 5.74) is 1.15. The summed E-state index contributed by atoms with van der Waals surface area (Å²) in [6, 6.07) is 21.7. The molecule has 0 spiro atoms. The number of anilines is 1. The van der Waals surface area contributed by atoms with Gasteiger partial charge in [-0.25, -0.2) is 8.42 Å². The molecule has 3 aromatic carbocycles. The van der Waals surface area contributed by atoms with Crippen LogP contribution in [-0.2, 0) is 26.2 Å². The van der Waals surface area contributed by atoms with Gasteiger partial charge in [0.15, 0.2) is 0 Å². The van der Waals surface area contributed by atoms with Crippen molar-refractivity contribution in [2.45, 2.75) is 69.0 Å². The largest absolute Gasteiger partial charge is 0.494 e. The van der Waals surface area contributed by atoms with Gasteiger partial charge in [0.2, 0.25) is 11.8 Å². The fourth-order valence-corrected chi connectivity index (χ4v) is 6.24. The van der Waals surface area contributed by atoms with E-state index in [1.165, 1.54) is 16.7 Å². The van der Waals surface area contributed by atoms with Gasteiger partial charge in [-0.05, 0) is 87.0 Å². The standard InChI is InChI=1S/C32H41N3O5S2/c1-6-24(4)33-32(37)30(7-2)34(22-25-12-10-9-11-13-25)31(36)23-35(26-14-16-27(17-15-26)40-8-3)42(38,39)29-20-18-28(41-5)19-21-29/h9-21,24,30H,6-8,22-23H2,1-5H3,(H,33,37). The van der Waals surface area contributed by atoms with Crippen LogP contribution >= 0.6 is 11.8 Å². The van der Waals surface area contributed by atoms with Crippen LogP contribution in [0.25, 0.3) is 0 Å². The summed E-state index contributed by atoms with van der Waals surface area (Å²) in [5, 5.41) is 2.99. The number of carbonyl (C=O) groups excluding carboxylic acids is 2. The Kier molecular flexibility index (Phi) is 12.3. The third kappa shape index (κ3) is 8.51. The topological polar surface area (TPSA) is 96.0 Å². The van der Waals surface area contributed by atoms with E-state index in [2.05, 4.69) is 5.32 Å². The zero-order valence-corrected chi connectivity index (χ0v) is 26.6. The van der Waals surface area contributed by atoms with Crippen LogP contribution in [0.1, 0.15) is 46.1 Å². The Hall–Kier alpha value is -3.50. The van der Waals surface area contributed by atoms with Crippen molar-refractivity contribution in [1.82, 2.24) is 10.2 Å². The number of thioether (sulfide) groups is 1. The summed E-state index contributed by atoms with van der Waals surface area (Å²) in [6.45, 7) is 7.74. The molecule has 2 atom stereocenters. The van der Waals surface area contributed by atoms with Crippen LogP contribution in [0.15, 0.2) is 88.7 Å². The Bertz CT molecular complexity index is 1400. The van der Waals surface area contributed by atoms with E-state index >= 15 is 0 Å². The first-order valence-corrected chi connectivity index (χ1v) is 16.8. The van der Waals surface area contributed by atoms with Gasteiger partial charge in [-0.2, -0.15) is 0 Å². The van der Waals surface area contributed by atoms with E-state index < -0.39 is 28.5 Å². The van der Waals surface area contributed by atoms with Gasteiger partial charge in [0.25, 0.3) is 10.0 Å². The molecule has 3 rings (SSSR count). The highest BCUT2D eigenvalue weighted by Gasteiger charge is 2.34. The Labute approximate surface area is 254 Å². The van der Waals surface area contributed by atoms with Crippen molar-refractivity contribution in [1.29, 1.82) is 0 Å². The Morgan fingerprint density at radius 1 is 0.905 bits per heavy atom. The van der Waals surface area contributed by atoms with E-state index in [1.54, 1.807) is 48.5 Å². The van der Waals surface area contributed by atoms with Gasteiger partial charge in [-0.1, -0.05) is 44.2 Å². The summed E-state index contributed by atoms with van der Waals surface area (Å²) in [7, 11) is -4.15. The summed E-state index contributed by atoms with van der Waals surface area (Å²) < 4.78 is 34.8. The lowest BCUT2D eigenvalue weighted by Crippen LogP contribution is -2.53. The minimum atomic E-state index is -4.15. The molecular weight excluding hydrogens is 571 g/mol. The zero-order chi connectivity index (χ0) is 30.7. The third-order valence-electron chi connectivity index (χ3n) is 6.94. The van der Waals surface area contributed by atoms with E-state index in [-0.39, 0.29) is 23.4 Å². The van der Waals surface area contributed by atoms with Gasteiger partial charge in [-0.3, -0.25) is 13.9 Å². The van der Waals surface area contributed by atoms with E-state index in [1.807, 2.05) is 64.3 Å². The van der Waals surface area contributed by atoms with Crippen LogP contribution in [0.5, 0.6) is 5.75 Å². The number of carbonyl (C=O) groups is 2. The van der Waals surface area contributed by atoms with Crippen molar-refractivity contribution in [2.24, 2.45) is 0 Å². The smallest absolute Gasteiger partial charge is 0.264 e. The number of hydrogen-bond donors (Lipinski definition) is 1. The van der Waals surface area contributed by atoms with Crippen LogP contribution in [0.3, 0.4) is 0 Å². The van der Waals surface area contributed by atoms with E-state index in [4.69, 9.17) is 4.74 Å². The molecule has 0 heterocycles. The van der Waals surface area contributed by atoms with Gasteiger partial charge >= 0.3 is 0 Å². The monoisotopic (exact) mass is 611 g/mol. The van der Waals surface area contributed by atoms with Crippen molar-refractivity contribution in [3.05, 3.63) is 84.4 Å². The second-order valence-corrected chi connectivity index (χ2v) is 12.6. The fraction of sp³-hybridized carbons (Fsp3) is 0.375. The van der Waals surface area contributed by atoms with Gasteiger partial charge in [0.05, 0.1) is 17.2 Å². The Morgan fingerprint density at radius 2 is 1.55 bits per heavy atom. The number of nitrogens with one attached hydrogen (secondary N) is 1. The lowest BCUT2D eigenvalue weighted by molar-refractivity contribution is -0.140. The molecule has 0 aliphatic rings. The molecule has 0 radical (unpaired) electrons. The molecule has 0 saturated carbocycles. The second kappa shape index (κ2) is 15.7. The molecule has 42 heavy (non-hydrogen) atoms. The van der Waals surface area contributed by atoms with Crippen molar-refractivity contribution in [3.8, 4) is 5.75 Å². The number of sulfonamides is 1. The Morgan fingerprint density at radius 3 is 2.10 bits per heavy atom. The van der Waals surface area contributed by atoms with E-state index in [9.17, 15) is 18.0 Å². The minimum Gasteiger partial charge on any atom is -0.494 e. The molecule has 0 aliphatic heterocycles. The molecule has 10 heteroatoms. The Balaban J connectivity index is 2.05. The van der Waals surface area contributed by atoms with E-state index in [0.717, 1.165) is 21.2 Å². The first-order valence-electron chi connectivity index (χ1n) is 14.2. The number of nitrogens with zero attached hydrogens (tertiary/aromatic N) is 2. The molecule has 0 fully saturated rings. The summed E-state index contributed by atoms with van der Waals surface area (Å²) in [6.07, 6.45) is 3.03. The average Bonchev–Trinajstić information content (AvgIpc) is 3.00. The lowest BCUT2D eigenvalue weighted by Gasteiger charge is -2.33. The van der Waals surface area contributed by atoms with Crippen LogP contribution in [0.2, 0.25) is 0 Å². The number of amides is 2. The molecule has 226 valence electrons. The summed E-state index contributed by atoms with van der Waals surface area (Å²) in [5.74, 6) is -0.157. The number of benzene rings is 3. The molecule has 3 aromatic rings. The minimum absolute atomic E-state index is 0.0646. The predicted molar refractivity (Wildman–Crippen MR) is 169 cm³/mol. The number of ether oxygens (including phenoxy) is 1. The highest BCUT2D eigenvalue weighted by Crippen LogP contribution is 2.28. The van der Waals surface area contributed by atoms with Gasteiger partial charge in [0.1, 0.15) is 18.3 Å². The predicted octanol–water partition coefficient (Wildman–Crippen LogP) is 5.72. The molecular formula is C32H41N3O5S2. The highest BCUT2D eigenvalue weighted by atomic mass is 32.2. The molecule has 0 aliphatic carbocycles. The SMILES string of the molecule is CCOc1ccc(N(CC(=O)N(Cc2ccccc2)C(CC)C(=O)NC(C)CC)S(=O)(=O)c2ccc(SC)cc2)cc1. The zero-order valence-electron chi connectivity index (χ0n) is 24.9.